The highest BCUT2D eigenvalue weighted by atomic mass is 35.5. The number of halogens is 2. The second-order valence-electron chi connectivity index (χ2n) is 3.49. The Kier molecular flexibility index (Phi) is 3.54. The molecule has 3 nitrogen and oxygen atoms in total. The summed E-state index contributed by atoms with van der Waals surface area (Å²) in [5.41, 5.74) is 1.16. The first kappa shape index (κ1) is 11.8. The van der Waals surface area contributed by atoms with E-state index in [9.17, 15) is 4.39 Å². The Bertz CT molecular complexity index is 516. The lowest BCUT2D eigenvalue weighted by Crippen LogP contribution is -1.95. The summed E-state index contributed by atoms with van der Waals surface area (Å²) in [6.45, 7) is 1.67. The van der Waals surface area contributed by atoms with E-state index in [1.165, 1.54) is 0 Å². The van der Waals surface area contributed by atoms with Gasteiger partial charge < -0.3 is 4.74 Å². The molecule has 0 saturated carbocycles. The zero-order chi connectivity index (χ0) is 12.3. The van der Waals surface area contributed by atoms with Gasteiger partial charge in [-0.05, 0) is 24.6 Å². The fourth-order valence-electron chi connectivity index (χ4n) is 1.29. The first-order valence-electron chi connectivity index (χ1n) is 5.02. The van der Waals surface area contributed by atoms with E-state index in [4.69, 9.17) is 16.3 Å². The summed E-state index contributed by atoms with van der Waals surface area (Å²) < 4.78 is 18.9. The largest absolute Gasteiger partial charge is 0.434 e. The van der Waals surface area contributed by atoms with Crippen LogP contribution in [-0.2, 0) is 5.88 Å². The molecule has 2 aromatic rings. The van der Waals surface area contributed by atoms with Gasteiger partial charge in [0.25, 0.3) is 0 Å². The second-order valence-corrected chi connectivity index (χ2v) is 3.75. The molecule has 88 valence electrons. The standard InChI is InChI=1S/C12H10ClFN2O/c1-8-3-2-4-10(12(8)14)17-11-6-5-9(7-13)15-16-11/h2-6H,7H2,1H3. The number of hydrogen-bond acceptors (Lipinski definition) is 3. The van der Waals surface area contributed by atoms with Gasteiger partial charge in [-0.2, -0.15) is 5.10 Å². The van der Waals surface area contributed by atoms with Gasteiger partial charge in [-0.15, -0.1) is 16.7 Å². The molecule has 0 fully saturated rings. The third-order valence-corrected chi connectivity index (χ3v) is 2.48. The van der Waals surface area contributed by atoms with Crippen molar-refractivity contribution in [2.45, 2.75) is 12.8 Å². The highest BCUT2D eigenvalue weighted by Crippen LogP contribution is 2.24. The van der Waals surface area contributed by atoms with Gasteiger partial charge in [0.05, 0.1) is 11.6 Å². The normalized spacial score (nSPS) is 10.3. The van der Waals surface area contributed by atoms with Crippen molar-refractivity contribution < 1.29 is 9.13 Å². The maximum Gasteiger partial charge on any atom is 0.239 e. The van der Waals surface area contributed by atoms with Crippen molar-refractivity contribution in [3.63, 3.8) is 0 Å². The van der Waals surface area contributed by atoms with Crippen molar-refractivity contribution in [1.82, 2.24) is 10.2 Å². The molecule has 0 aliphatic heterocycles. The van der Waals surface area contributed by atoms with E-state index in [2.05, 4.69) is 10.2 Å². The molecule has 1 aromatic carbocycles. The highest BCUT2D eigenvalue weighted by molar-refractivity contribution is 6.16. The van der Waals surface area contributed by atoms with E-state index in [0.29, 0.717) is 11.3 Å². The fourth-order valence-corrected chi connectivity index (χ4v) is 1.43. The van der Waals surface area contributed by atoms with Gasteiger partial charge in [-0.25, -0.2) is 4.39 Å². The highest BCUT2D eigenvalue weighted by Gasteiger charge is 2.07. The molecule has 0 aliphatic carbocycles. The van der Waals surface area contributed by atoms with Gasteiger partial charge in [0.1, 0.15) is 0 Å². The minimum absolute atomic E-state index is 0.137. The van der Waals surface area contributed by atoms with Gasteiger partial charge in [0.2, 0.25) is 5.88 Å². The Balaban J connectivity index is 2.22. The van der Waals surface area contributed by atoms with E-state index < -0.39 is 5.82 Å². The molecule has 0 atom stereocenters. The number of rotatable bonds is 3. The minimum atomic E-state index is -0.393. The maximum atomic E-state index is 13.6. The van der Waals surface area contributed by atoms with Crippen LogP contribution in [0.4, 0.5) is 4.39 Å². The van der Waals surface area contributed by atoms with Crippen LogP contribution in [-0.4, -0.2) is 10.2 Å². The molecule has 1 heterocycles. The average molecular weight is 253 g/mol. The van der Waals surface area contributed by atoms with Crippen LogP contribution >= 0.6 is 11.6 Å². The number of benzene rings is 1. The molecule has 0 radical (unpaired) electrons. The summed E-state index contributed by atoms with van der Waals surface area (Å²) >= 11 is 5.58. The van der Waals surface area contributed by atoms with Crippen molar-refractivity contribution in [2.24, 2.45) is 0 Å². The SMILES string of the molecule is Cc1cccc(Oc2ccc(CCl)nn2)c1F. The lowest BCUT2D eigenvalue weighted by molar-refractivity contribution is 0.419. The van der Waals surface area contributed by atoms with Crippen molar-refractivity contribution in [3.8, 4) is 11.6 Å². The Morgan fingerprint density at radius 1 is 1.24 bits per heavy atom. The molecule has 17 heavy (non-hydrogen) atoms. The fraction of sp³-hybridized carbons (Fsp3) is 0.167. The molecule has 0 bridgehead atoms. The van der Waals surface area contributed by atoms with E-state index in [1.54, 1.807) is 37.3 Å². The van der Waals surface area contributed by atoms with E-state index in [-0.39, 0.29) is 17.5 Å². The van der Waals surface area contributed by atoms with Gasteiger partial charge >= 0.3 is 0 Å². The molecule has 0 saturated heterocycles. The average Bonchev–Trinajstić information content (AvgIpc) is 2.36. The number of ether oxygens (including phenoxy) is 1. The first-order valence-corrected chi connectivity index (χ1v) is 5.55. The summed E-state index contributed by atoms with van der Waals surface area (Å²) in [7, 11) is 0. The van der Waals surface area contributed by atoms with Crippen LogP contribution in [0.5, 0.6) is 11.6 Å². The minimum Gasteiger partial charge on any atom is -0.434 e. The van der Waals surface area contributed by atoms with E-state index in [0.717, 1.165) is 0 Å². The third kappa shape index (κ3) is 2.71. The van der Waals surface area contributed by atoms with Crippen LogP contribution in [0, 0.1) is 12.7 Å². The monoisotopic (exact) mass is 252 g/mol. The Morgan fingerprint density at radius 3 is 2.71 bits per heavy atom. The third-order valence-electron chi connectivity index (χ3n) is 2.20. The van der Waals surface area contributed by atoms with Gasteiger partial charge in [0, 0.05) is 6.07 Å². The van der Waals surface area contributed by atoms with Crippen LogP contribution in [0.3, 0.4) is 0 Å². The van der Waals surface area contributed by atoms with Crippen LogP contribution < -0.4 is 4.74 Å². The van der Waals surface area contributed by atoms with Crippen LogP contribution in [0.1, 0.15) is 11.3 Å². The Hall–Kier alpha value is -1.68. The van der Waals surface area contributed by atoms with Crippen LogP contribution in [0.15, 0.2) is 30.3 Å². The lowest BCUT2D eigenvalue weighted by atomic mass is 10.2. The molecule has 0 N–H and O–H groups in total. The predicted molar refractivity (Wildman–Crippen MR) is 62.8 cm³/mol. The van der Waals surface area contributed by atoms with E-state index >= 15 is 0 Å². The molecule has 0 spiro atoms. The van der Waals surface area contributed by atoms with Crippen LogP contribution in [0.2, 0.25) is 0 Å². The van der Waals surface area contributed by atoms with Crippen molar-refractivity contribution in [3.05, 3.63) is 47.4 Å². The molecular formula is C12H10ClFN2O. The molecule has 5 heteroatoms. The predicted octanol–water partition coefficient (Wildman–Crippen LogP) is 3.46. The summed E-state index contributed by atoms with van der Waals surface area (Å²) in [5, 5.41) is 7.61. The molecular weight excluding hydrogens is 243 g/mol. The lowest BCUT2D eigenvalue weighted by Gasteiger charge is -2.06. The molecule has 0 amide bonds. The summed E-state index contributed by atoms with van der Waals surface area (Å²) in [4.78, 5) is 0. The quantitative estimate of drug-likeness (QED) is 0.785. The first-order chi connectivity index (χ1) is 8.20. The molecule has 0 aliphatic rings. The summed E-state index contributed by atoms with van der Waals surface area (Å²) in [6.07, 6.45) is 0. The number of nitrogens with zero attached hydrogens (tertiary/aromatic N) is 2. The zero-order valence-electron chi connectivity index (χ0n) is 9.15. The van der Waals surface area contributed by atoms with Gasteiger partial charge in [0.15, 0.2) is 11.6 Å². The molecule has 2 rings (SSSR count). The summed E-state index contributed by atoms with van der Waals surface area (Å²) in [6, 6.07) is 8.22. The summed E-state index contributed by atoms with van der Waals surface area (Å²) in [5.74, 6) is 0.267. The van der Waals surface area contributed by atoms with Gasteiger partial charge in [-0.3, -0.25) is 0 Å². The van der Waals surface area contributed by atoms with E-state index in [1.807, 2.05) is 0 Å². The van der Waals surface area contributed by atoms with Gasteiger partial charge in [-0.1, -0.05) is 12.1 Å². The Labute approximate surface area is 103 Å². The van der Waals surface area contributed by atoms with Crippen LogP contribution in [0.25, 0.3) is 0 Å². The smallest absolute Gasteiger partial charge is 0.239 e. The second kappa shape index (κ2) is 5.10. The van der Waals surface area contributed by atoms with Crippen molar-refractivity contribution in [1.29, 1.82) is 0 Å². The topological polar surface area (TPSA) is 35.0 Å². The molecule has 0 unspecified atom stereocenters. The number of aryl methyl sites for hydroxylation is 1. The zero-order valence-corrected chi connectivity index (χ0v) is 9.91. The Morgan fingerprint density at radius 2 is 2.06 bits per heavy atom. The molecule has 1 aromatic heterocycles. The maximum absolute atomic E-state index is 13.6. The number of alkyl halides is 1. The number of hydrogen-bond donors (Lipinski definition) is 0. The van der Waals surface area contributed by atoms with Crippen molar-refractivity contribution in [2.75, 3.05) is 0 Å². The number of aromatic nitrogens is 2. The van der Waals surface area contributed by atoms with Crippen molar-refractivity contribution >= 4 is 11.6 Å².